The van der Waals surface area contributed by atoms with Gasteiger partial charge < -0.3 is 15.5 Å². The molecule has 17 heavy (non-hydrogen) atoms. The van der Waals surface area contributed by atoms with E-state index in [1.165, 1.54) is 0 Å². The van der Waals surface area contributed by atoms with Crippen LogP contribution in [-0.2, 0) is 15.5 Å². The number of benzene rings is 1. The van der Waals surface area contributed by atoms with Crippen molar-refractivity contribution in [2.75, 3.05) is 25.2 Å². The second kappa shape index (κ2) is 5.29. The lowest BCUT2D eigenvalue weighted by Crippen LogP contribution is -2.03. The van der Waals surface area contributed by atoms with Gasteiger partial charge in [-0.2, -0.15) is 0 Å². The summed E-state index contributed by atoms with van der Waals surface area (Å²) in [6, 6.07) is 5.38. The van der Waals surface area contributed by atoms with Crippen molar-refractivity contribution in [2.45, 2.75) is 11.6 Å². The van der Waals surface area contributed by atoms with Gasteiger partial charge in [0.05, 0.1) is 21.8 Å². The van der Waals surface area contributed by atoms with Crippen LogP contribution in [-0.4, -0.2) is 33.6 Å². The first-order valence-electron chi connectivity index (χ1n) is 5.33. The Labute approximate surface area is 102 Å². The molecule has 1 atom stereocenters. The molecule has 0 aliphatic carbocycles. The first-order chi connectivity index (χ1) is 8.20. The average Bonchev–Trinajstić information content (AvgIpc) is 2.72. The smallest absolute Gasteiger partial charge is 0.197 e. The van der Waals surface area contributed by atoms with E-state index in [1.54, 1.807) is 19.2 Å². The van der Waals surface area contributed by atoms with Crippen molar-refractivity contribution in [1.82, 2.24) is 9.97 Å². The lowest BCUT2D eigenvalue weighted by atomic mass is 10.3. The van der Waals surface area contributed by atoms with Crippen LogP contribution >= 0.6 is 0 Å². The molecular weight excluding hydrogens is 238 g/mol. The van der Waals surface area contributed by atoms with Gasteiger partial charge in [0, 0.05) is 25.2 Å². The summed E-state index contributed by atoms with van der Waals surface area (Å²) < 4.78 is 16.8. The number of methoxy groups -OCH3 is 1. The third-order valence-corrected chi connectivity index (χ3v) is 3.66. The molecule has 1 aromatic heterocycles. The van der Waals surface area contributed by atoms with Crippen molar-refractivity contribution in [1.29, 1.82) is 0 Å². The maximum absolute atomic E-state index is 11.9. The van der Waals surface area contributed by atoms with Crippen LogP contribution in [0.25, 0.3) is 11.0 Å². The highest BCUT2D eigenvalue weighted by Gasteiger charge is 2.09. The van der Waals surface area contributed by atoms with E-state index in [1.807, 2.05) is 6.07 Å². The fourth-order valence-corrected chi connectivity index (χ4v) is 2.54. The normalized spacial score (nSPS) is 13.0. The lowest BCUT2D eigenvalue weighted by Gasteiger charge is -1.97. The molecule has 5 nitrogen and oxygen atoms in total. The largest absolute Gasteiger partial charge is 0.399 e. The van der Waals surface area contributed by atoms with E-state index < -0.39 is 10.8 Å². The molecule has 92 valence electrons. The molecule has 0 amide bonds. The standard InChI is InChI=1S/C11H15N3O2S/c1-16-5-2-6-17(15)11-13-9-4-3-8(12)7-10(9)14-11/h3-4,7H,2,5-6,12H2,1H3,(H,13,14). The average molecular weight is 253 g/mol. The van der Waals surface area contributed by atoms with Crippen molar-refractivity contribution in [3.05, 3.63) is 18.2 Å². The number of anilines is 1. The van der Waals surface area contributed by atoms with Crippen LogP contribution in [0, 0.1) is 0 Å². The van der Waals surface area contributed by atoms with Crippen LogP contribution in [0.3, 0.4) is 0 Å². The molecule has 0 fully saturated rings. The number of nitrogens with two attached hydrogens (primary N) is 1. The van der Waals surface area contributed by atoms with Gasteiger partial charge in [0.25, 0.3) is 0 Å². The number of H-pyrrole nitrogens is 1. The molecule has 1 aromatic carbocycles. The molecule has 3 N–H and O–H groups in total. The molecule has 0 spiro atoms. The zero-order valence-electron chi connectivity index (χ0n) is 9.60. The predicted octanol–water partition coefficient (Wildman–Crippen LogP) is 1.29. The highest BCUT2D eigenvalue weighted by atomic mass is 32.2. The fourth-order valence-electron chi connectivity index (χ4n) is 1.54. The van der Waals surface area contributed by atoms with Crippen LogP contribution in [0.5, 0.6) is 0 Å². The Balaban J connectivity index is 2.15. The van der Waals surface area contributed by atoms with Crippen LogP contribution in [0.2, 0.25) is 0 Å². The molecule has 6 heteroatoms. The van der Waals surface area contributed by atoms with Crippen molar-refractivity contribution in [3.8, 4) is 0 Å². The number of hydrogen-bond donors (Lipinski definition) is 2. The van der Waals surface area contributed by atoms with E-state index in [4.69, 9.17) is 10.5 Å². The van der Waals surface area contributed by atoms with Crippen LogP contribution in [0.15, 0.2) is 23.4 Å². The van der Waals surface area contributed by atoms with Gasteiger partial charge in [-0.1, -0.05) is 0 Å². The summed E-state index contributed by atoms with van der Waals surface area (Å²) in [5, 5.41) is 0.502. The SMILES string of the molecule is COCCCS(=O)c1nc2ccc(N)cc2[nH]1. The highest BCUT2D eigenvalue weighted by molar-refractivity contribution is 7.84. The zero-order valence-corrected chi connectivity index (χ0v) is 10.4. The lowest BCUT2D eigenvalue weighted by molar-refractivity contribution is 0.200. The summed E-state index contributed by atoms with van der Waals surface area (Å²) in [7, 11) is 0.520. The molecule has 2 aromatic rings. The Morgan fingerprint density at radius 1 is 1.53 bits per heavy atom. The molecule has 0 saturated carbocycles. The summed E-state index contributed by atoms with van der Waals surface area (Å²) in [5.74, 6) is 0.545. The molecule has 2 rings (SSSR count). The molecule has 0 bridgehead atoms. The van der Waals surface area contributed by atoms with Crippen molar-refractivity contribution < 1.29 is 8.95 Å². The zero-order chi connectivity index (χ0) is 12.3. The molecular formula is C11H15N3O2S. The number of nitrogens with one attached hydrogen (secondary N) is 1. The maximum Gasteiger partial charge on any atom is 0.197 e. The first-order valence-corrected chi connectivity index (χ1v) is 6.65. The molecule has 0 saturated heterocycles. The van der Waals surface area contributed by atoms with Gasteiger partial charge in [0.2, 0.25) is 0 Å². The number of ether oxygens (including phenoxy) is 1. The third kappa shape index (κ3) is 2.83. The minimum atomic E-state index is -1.11. The second-order valence-electron chi connectivity index (χ2n) is 3.71. The summed E-state index contributed by atoms with van der Waals surface area (Å²) in [6.07, 6.45) is 0.752. The quantitative estimate of drug-likeness (QED) is 0.621. The molecule has 1 heterocycles. The third-order valence-electron chi connectivity index (χ3n) is 2.38. The Kier molecular flexibility index (Phi) is 3.75. The number of aromatic nitrogens is 2. The minimum absolute atomic E-state index is 0.502. The number of rotatable bonds is 5. The van der Waals surface area contributed by atoms with E-state index in [-0.39, 0.29) is 0 Å². The summed E-state index contributed by atoms with van der Waals surface area (Å²) in [6.45, 7) is 0.610. The van der Waals surface area contributed by atoms with Crippen molar-refractivity contribution >= 4 is 27.5 Å². The Hall–Kier alpha value is -1.40. The van der Waals surface area contributed by atoms with Gasteiger partial charge in [0.1, 0.15) is 0 Å². The van der Waals surface area contributed by atoms with E-state index in [0.29, 0.717) is 23.2 Å². The van der Waals surface area contributed by atoms with E-state index in [2.05, 4.69) is 9.97 Å². The Morgan fingerprint density at radius 2 is 2.35 bits per heavy atom. The number of hydrogen-bond acceptors (Lipinski definition) is 4. The molecule has 1 unspecified atom stereocenters. The van der Waals surface area contributed by atoms with Gasteiger partial charge in [-0.05, 0) is 24.6 Å². The Bertz CT molecular complexity index is 538. The monoisotopic (exact) mass is 253 g/mol. The summed E-state index contributed by atoms with van der Waals surface area (Å²) in [5.41, 5.74) is 7.94. The fraction of sp³-hybridized carbons (Fsp3) is 0.364. The van der Waals surface area contributed by atoms with Gasteiger partial charge >= 0.3 is 0 Å². The van der Waals surface area contributed by atoms with Crippen LogP contribution in [0.4, 0.5) is 5.69 Å². The van der Waals surface area contributed by atoms with Gasteiger partial charge in [-0.3, -0.25) is 4.21 Å². The summed E-state index contributed by atoms with van der Waals surface area (Å²) in [4.78, 5) is 7.31. The van der Waals surface area contributed by atoms with E-state index >= 15 is 0 Å². The van der Waals surface area contributed by atoms with E-state index in [0.717, 1.165) is 17.5 Å². The molecule has 0 aliphatic heterocycles. The van der Waals surface area contributed by atoms with Crippen LogP contribution < -0.4 is 5.73 Å². The topological polar surface area (TPSA) is 81.0 Å². The molecule has 0 aliphatic rings. The minimum Gasteiger partial charge on any atom is -0.399 e. The maximum atomic E-state index is 11.9. The molecule has 0 radical (unpaired) electrons. The predicted molar refractivity (Wildman–Crippen MR) is 68.3 cm³/mol. The number of nitrogens with zero attached hydrogens (tertiary/aromatic N) is 1. The van der Waals surface area contributed by atoms with Crippen molar-refractivity contribution in [3.63, 3.8) is 0 Å². The van der Waals surface area contributed by atoms with Crippen molar-refractivity contribution in [2.24, 2.45) is 0 Å². The van der Waals surface area contributed by atoms with Gasteiger partial charge in [-0.15, -0.1) is 0 Å². The number of imidazole rings is 1. The van der Waals surface area contributed by atoms with E-state index in [9.17, 15) is 4.21 Å². The highest BCUT2D eigenvalue weighted by Crippen LogP contribution is 2.16. The Morgan fingerprint density at radius 3 is 3.12 bits per heavy atom. The summed E-state index contributed by atoms with van der Waals surface area (Å²) >= 11 is 0. The first kappa shape index (κ1) is 12.1. The van der Waals surface area contributed by atoms with Gasteiger partial charge in [-0.25, -0.2) is 4.98 Å². The number of fused-ring (bicyclic) bond motifs is 1. The van der Waals surface area contributed by atoms with Crippen LogP contribution in [0.1, 0.15) is 6.42 Å². The second-order valence-corrected chi connectivity index (χ2v) is 5.20. The number of aromatic amines is 1. The van der Waals surface area contributed by atoms with Gasteiger partial charge in [0.15, 0.2) is 5.16 Å². The number of nitrogen functional groups attached to an aromatic ring is 1.